The van der Waals surface area contributed by atoms with Crippen LogP contribution in [0, 0.1) is 0 Å². The molecule has 1 atom stereocenters. The number of thioether (sulfide) groups is 1. The van der Waals surface area contributed by atoms with Gasteiger partial charge in [0.05, 0.1) is 23.7 Å². The van der Waals surface area contributed by atoms with E-state index in [4.69, 9.17) is 17.0 Å². The van der Waals surface area contributed by atoms with Gasteiger partial charge >= 0.3 is 12.3 Å². The molecule has 3 aromatic carbocycles. The van der Waals surface area contributed by atoms with Crippen LogP contribution in [-0.2, 0) is 16.1 Å². The zero-order chi connectivity index (χ0) is 33.8. The van der Waals surface area contributed by atoms with Crippen molar-refractivity contribution in [2.24, 2.45) is 4.99 Å². The van der Waals surface area contributed by atoms with Crippen LogP contribution in [0.25, 0.3) is 17.1 Å². The Kier molecular flexibility index (Phi) is 10.2. The molecule has 1 aliphatic heterocycles. The lowest BCUT2D eigenvalue weighted by atomic mass is 10.00. The van der Waals surface area contributed by atoms with E-state index in [0.717, 1.165) is 23.3 Å². The van der Waals surface area contributed by atoms with Crippen LogP contribution in [0.1, 0.15) is 24.0 Å². The second-order valence-electron chi connectivity index (χ2n) is 10.3. The highest BCUT2D eigenvalue weighted by atomic mass is 32.2. The lowest BCUT2D eigenvalue weighted by molar-refractivity contribution is -0.360. The van der Waals surface area contributed by atoms with Crippen LogP contribution in [0.5, 0.6) is 5.75 Å². The van der Waals surface area contributed by atoms with Gasteiger partial charge in [0.2, 0.25) is 5.91 Å². The average Bonchev–Trinajstić information content (AvgIpc) is 3.67. The van der Waals surface area contributed by atoms with Gasteiger partial charge in [-0.05, 0) is 54.0 Å². The predicted molar refractivity (Wildman–Crippen MR) is 172 cm³/mol. The third-order valence-corrected chi connectivity index (χ3v) is 8.12. The SMILES string of the molecule is COCc1ccccc1N1C(=O)CSC1=NC(=S)NCC(C)c1ccc(-c2ncn(-c3ccc(OC(F)(F)C(F)(F)F)cc3)n2)cc1. The maximum atomic E-state index is 13.2. The number of methoxy groups -OCH3 is 1. The van der Waals surface area contributed by atoms with Crippen molar-refractivity contribution in [3.63, 3.8) is 0 Å². The van der Waals surface area contributed by atoms with E-state index in [1.54, 1.807) is 12.0 Å². The Morgan fingerprint density at radius 2 is 1.77 bits per heavy atom. The van der Waals surface area contributed by atoms with Gasteiger partial charge in [0.1, 0.15) is 12.1 Å². The number of para-hydroxylation sites is 1. The highest BCUT2D eigenvalue weighted by Gasteiger charge is 2.61. The first-order valence-electron chi connectivity index (χ1n) is 14.0. The summed E-state index contributed by atoms with van der Waals surface area (Å²) in [6, 6.07) is 19.6. The first kappa shape index (κ1) is 33.9. The molecule has 4 aromatic rings. The van der Waals surface area contributed by atoms with Gasteiger partial charge in [0.25, 0.3) is 0 Å². The fraction of sp³-hybridized carbons (Fsp3) is 0.258. The molecule has 1 unspecified atom stereocenters. The van der Waals surface area contributed by atoms with Gasteiger partial charge in [-0.15, -0.1) is 5.10 Å². The number of hydrogen-bond donors (Lipinski definition) is 1. The first-order chi connectivity index (χ1) is 22.4. The minimum atomic E-state index is -5.84. The number of rotatable bonds is 10. The lowest BCUT2D eigenvalue weighted by Gasteiger charge is -2.20. The molecule has 0 bridgehead atoms. The van der Waals surface area contributed by atoms with E-state index in [1.807, 2.05) is 55.5 Å². The van der Waals surface area contributed by atoms with Crippen molar-refractivity contribution in [2.75, 3.05) is 24.3 Å². The van der Waals surface area contributed by atoms with Crippen molar-refractivity contribution in [1.29, 1.82) is 0 Å². The van der Waals surface area contributed by atoms with E-state index in [-0.39, 0.29) is 22.7 Å². The number of amidine groups is 1. The van der Waals surface area contributed by atoms with Crippen LogP contribution in [-0.4, -0.2) is 62.6 Å². The molecular formula is C31H27F5N6O3S2. The number of carbonyl (C=O) groups excluding carboxylic acids is 1. The van der Waals surface area contributed by atoms with Crippen LogP contribution in [0.4, 0.5) is 27.6 Å². The third kappa shape index (κ3) is 7.94. The zero-order valence-electron chi connectivity index (χ0n) is 24.9. The molecule has 0 spiro atoms. The molecule has 16 heteroatoms. The third-order valence-electron chi connectivity index (χ3n) is 6.96. The molecule has 1 aliphatic rings. The normalized spacial score (nSPS) is 15.3. The monoisotopic (exact) mass is 690 g/mol. The zero-order valence-corrected chi connectivity index (χ0v) is 26.5. The number of thiocarbonyl (C=S) groups is 1. The summed E-state index contributed by atoms with van der Waals surface area (Å²) in [5, 5.41) is 8.29. The first-order valence-corrected chi connectivity index (χ1v) is 15.4. The summed E-state index contributed by atoms with van der Waals surface area (Å²) >= 11 is 6.79. The van der Waals surface area contributed by atoms with Crippen LogP contribution in [0.2, 0.25) is 0 Å². The van der Waals surface area contributed by atoms with Gasteiger partial charge in [-0.25, -0.2) is 9.67 Å². The van der Waals surface area contributed by atoms with Crippen LogP contribution in [0.15, 0.2) is 84.1 Å². The fourth-order valence-electron chi connectivity index (χ4n) is 4.53. The number of carbonyl (C=O) groups is 1. The van der Waals surface area contributed by atoms with E-state index < -0.39 is 18.0 Å². The fourth-order valence-corrected chi connectivity index (χ4v) is 5.62. The molecule has 246 valence electrons. The van der Waals surface area contributed by atoms with E-state index in [1.165, 1.54) is 34.9 Å². The predicted octanol–water partition coefficient (Wildman–Crippen LogP) is 6.73. The van der Waals surface area contributed by atoms with Gasteiger partial charge in [-0.3, -0.25) is 9.69 Å². The van der Waals surface area contributed by atoms with Gasteiger partial charge in [0.15, 0.2) is 16.1 Å². The molecule has 2 heterocycles. The van der Waals surface area contributed by atoms with Crippen molar-refractivity contribution in [1.82, 2.24) is 20.1 Å². The minimum Gasteiger partial charge on any atom is -0.426 e. The second-order valence-corrected chi connectivity index (χ2v) is 11.6. The van der Waals surface area contributed by atoms with E-state index in [9.17, 15) is 26.7 Å². The number of anilines is 1. The molecule has 0 radical (unpaired) electrons. The molecule has 1 amide bonds. The Bertz CT molecular complexity index is 1760. The van der Waals surface area contributed by atoms with Gasteiger partial charge in [-0.1, -0.05) is 61.2 Å². The smallest absolute Gasteiger partial charge is 0.426 e. The number of hydrogen-bond acceptors (Lipinski definition) is 7. The molecule has 9 nitrogen and oxygen atoms in total. The van der Waals surface area contributed by atoms with Crippen molar-refractivity contribution in [3.05, 3.63) is 90.3 Å². The molecule has 1 fully saturated rings. The molecule has 0 saturated carbocycles. The number of aliphatic imine (C=N–C) groups is 1. The molecule has 1 aromatic heterocycles. The van der Waals surface area contributed by atoms with Crippen molar-refractivity contribution in [2.45, 2.75) is 31.7 Å². The number of ether oxygens (including phenoxy) is 2. The minimum absolute atomic E-state index is 0.0366. The highest BCUT2D eigenvalue weighted by Crippen LogP contribution is 2.37. The average molecular weight is 691 g/mol. The Balaban J connectivity index is 1.18. The molecular weight excluding hydrogens is 664 g/mol. The van der Waals surface area contributed by atoms with Crippen molar-refractivity contribution >= 4 is 45.9 Å². The van der Waals surface area contributed by atoms with Crippen molar-refractivity contribution in [3.8, 4) is 22.8 Å². The van der Waals surface area contributed by atoms with Crippen LogP contribution in [0.3, 0.4) is 0 Å². The van der Waals surface area contributed by atoms with Gasteiger partial charge in [0, 0.05) is 24.8 Å². The standard InChI is InChI=1S/C31H27F5N6O3S2/c1-19(15-37-28(46)39-29-42(26(43)17-47-29)25-6-4-3-5-22(25)16-44-2)20-7-9-21(10-8-20)27-38-18-41(40-27)23-11-13-24(14-12-23)45-31(35,36)30(32,33)34/h3-14,18-19H,15-17H2,1-2H3,(H,37,46). The molecule has 1 saturated heterocycles. The van der Waals surface area contributed by atoms with E-state index in [2.05, 4.69) is 25.1 Å². The lowest BCUT2D eigenvalue weighted by Crippen LogP contribution is -2.41. The number of nitrogens with one attached hydrogen (secondary N) is 1. The summed E-state index contributed by atoms with van der Waals surface area (Å²) in [7, 11) is 1.59. The number of halogens is 5. The summed E-state index contributed by atoms with van der Waals surface area (Å²) in [6.45, 7) is 2.85. The Labute approximate surface area is 275 Å². The second kappa shape index (κ2) is 14.1. The maximum absolute atomic E-state index is 13.2. The number of aromatic nitrogens is 3. The summed E-state index contributed by atoms with van der Waals surface area (Å²) in [6.07, 6.45) is -9.76. The Morgan fingerprint density at radius 3 is 2.45 bits per heavy atom. The maximum Gasteiger partial charge on any atom is 0.499 e. The summed E-state index contributed by atoms with van der Waals surface area (Å²) < 4.78 is 74.0. The Morgan fingerprint density at radius 1 is 1.06 bits per heavy atom. The van der Waals surface area contributed by atoms with Gasteiger partial charge in [-0.2, -0.15) is 26.9 Å². The largest absolute Gasteiger partial charge is 0.499 e. The number of alkyl halides is 5. The highest BCUT2D eigenvalue weighted by molar-refractivity contribution is 8.15. The summed E-state index contributed by atoms with van der Waals surface area (Å²) in [5.74, 6) is -0.0696. The van der Waals surface area contributed by atoms with Crippen LogP contribution >= 0.6 is 24.0 Å². The molecule has 47 heavy (non-hydrogen) atoms. The summed E-state index contributed by atoms with van der Waals surface area (Å²) in [5.41, 5.74) is 3.65. The molecule has 5 rings (SSSR count). The topological polar surface area (TPSA) is 93.9 Å². The number of nitrogens with zero attached hydrogens (tertiary/aromatic N) is 5. The molecule has 0 aliphatic carbocycles. The Hall–Kier alpha value is -4.41. The quantitative estimate of drug-likeness (QED) is 0.145. The number of benzene rings is 3. The molecule has 1 N–H and O–H groups in total. The number of amides is 1. The van der Waals surface area contributed by atoms with E-state index in [0.29, 0.717) is 41.1 Å². The van der Waals surface area contributed by atoms with Gasteiger partial charge < -0.3 is 14.8 Å². The van der Waals surface area contributed by atoms with E-state index >= 15 is 0 Å². The van der Waals surface area contributed by atoms with Crippen LogP contribution < -0.4 is 15.0 Å². The van der Waals surface area contributed by atoms with Crippen molar-refractivity contribution < 1.29 is 36.2 Å². The summed E-state index contributed by atoms with van der Waals surface area (Å²) in [4.78, 5) is 23.1.